The summed E-state index contributed by atoms with van der Waals surface area (Å²) in [6.07, 6.45) is 0.498. The molecular weight excluding hydrogens is 313 g/mol. The Morgan fingerprint density at radius 1 is 1.04 bits per heavy atom. The average molecular weight is 329 g/mol. The van der Waals surface area contributed by atoms with Crippen LogP contribution in [-0.2, 0) is 9.53 Å². The van der Waals surface area contributed by atoms with E-state index in [9.17, 15) is 9.18 Å². The fourth-order valence-electron chi connectivity index (χ4n) is 1.83. The quantitative estimate of drug-likeness (QED) is 0.550. The molecule has 2 aromatic carbocycles. The third-order valence-electron chi connectivity index (χ3n) is 2.99. The summed E-state index contributed by atoms with van der Waals surface area (Å²) in [6.45, 7) is 0.262. The number of carbonyl (C=O) groups excluding carboxylic acids is 1. The SMILES string of the molecule is N#Cc1ccccc1OCC(=O)OCCCOc1ccc(F)cc1. The van der Waals surface area contributed by atoms with E-state index in [0.717, 1.165) is 0 Å². The van der Waals surface area contributed by atoms with Gasteiger partial charge in [0.1, 0.15) is 23.4 Å². The summed E-state index contributed by atoms with van der Waals surface area (Å²) in [5.74, 6) is 0.0505. The van der Waals surface area contributed by atoms with Crippen molar-refractivity contribution in [3.63, 3.8) is 0 Å². The van der Waals surface area contributed by atoms with Crippen LogP contribution in [-0.4, -0.2) is 25.8 Å². The fraction of sp³-hybridized carbons (Fsp3) is 0.222. The average Bonchev–Trinajstić information content (AvgIpc) is 2.61. The molecule has 0 saturated heterocycles. The van der Waals surface area contributed by atoms with Gasteiger partial charge in [-0.15, -0.1) is 0 Å². The highest BCUT2D eigenvalue weighted by Crippen LogP contribution is 2.16. The number of para-hydroxylation sites is 1. The standard InChI is InChI=1S/C18H16FNO4/c19-15-6-8-16(9-7-15)22-10-3-11-23-18(21)13-24-17-5-2-1-4-14(17)12-20/h1-2,4-9H,3,10-11,13H2. The van der Waals surface area contributed by atoms with Crippen LogP contribution < -0.4 is 9.47 Å². The van der Waals surface area contributed by atoms with Gasteiger partial charge in [-0.1, -0.05) is 12.1 Å². The summed E-state index contributed by atoms with van der Waals surface area (Å²) in [5, 5.41) is 8.91. The summed E-state index contributed by atoms with van der Waals surface area (Å²) in [5.41, 5.74) is 0.359. The van der Waals surface area contributed by atoms with E-state index < -0.39 is 5.97 Å². The molecule has 0 aromatic heterocycles. The van der Waals surface area contributed by atoms with Crippen LogP contribution in [0.2, 0.25) is 0 Å². The molecule has 0 spiro atoms. The molecule has 0 N–H and O–H groups in total. The van der Waals surface area contributed by atoms with Gasteiger partial charge in [-0.05, 0) is 36.4 Å². The van der Waals surface area contributed by atoms with E-state index in [1.165, 1.54) is 24.3 Å². The number of benzene rings is 2. The minimum absolute atomic E-state index is 0.184. The van der Waals surface area contributed by atoms with Gasteiger partial charge in [0, 0.05) is 6.42 Å². The Morgan fingerprint density at radius 2 is 1.79 bits per heavy atom. The van der Waals surface area contributed by atoms with Gasteiger partial charge in [0.25, 0.3) is 0 Å². The molecule has 6 heteroatoms. The van der Waals surface area contributed by atoms with Gasteiger partial charge in [0.05, 0.1) is 18.8 Å². The first-order valence-corrected chi connectivity index (χ1v) is 7.35. The van der Waals surface area contributed by atoms with Crippen LogP contribution in [0.4, 0.5) is 4.39 Å². The molecule has 0 amide bonds. The number of carbonyl (C=O) groups is 1. The molecule has 0 atom stereocenters. The van der Waals surface area contributed by atoms with E-state index in [1.54, 1.807) is 24.3 Å². The summed E-state index contributed by atoms with van der Waals surface area (Å²) in [4.78, 5) is 11.6. The van der Waals surface area contributed by atoms with Crippen LogP contribution in [0.1, 0.15) is 12.0 Å². The molecule has 0 radical (unpaired) electrons. The van der Waals surface area contributed by atoms with Crippen molar-refractivity contribution in [1.29, 1.82) is 5.26 Å². The fourth-order valence-corrected chi connectivity index (χ4v) is 1.83. The molecule has 2 aromatic rings. The topological polar surface area (TPSA) is 68.5 Å². The van der Waals surface area contributed by atoms with Crippen molar-refractivity contribution in [2.24, 2.45) is 0 Å². The molecule has 0 saturated carbocycles. The highest BCUT2D eigenvalue weighted by atomic mass is 19.1. The van der Waals surface area contributed by atoms with Crippen LogP contribution in [0.5, 0.6) is 11.5 Å². The molecule has 0 aliphatic rings. The lowest BCUT2D eigenvalue weighted by Gasteiger charge is -2.09. The number of halogens is 1. The number of nitriles is 1. The molecule has 24 heavy (non-hydrogen) atoms. The number of esters is 1. The maximum absolute atomic E-state index is 12.7. The normalized spacial score (nSPS) is 9.83. The Kier molecular flexibility index (Phi) is 6.59. The van der Waals surface area contributed by atoms with E-state index in [4.69, 9.17) is 19.5 Å². The largest absolute Gasteiger partial charge is 0.493 e. The van der Waals surface area contributed by atoms with Crippen molar-refractivity contribution >= 4 is 5.97 Å². The molecule has 124 valence electrons. The molecule has 2 rings (SSSR count). The zero-order valence-corrected chi connectivity index (χ0v) is 12.9. The van der Waals surface area contributed by atoms with Gasteiger partial charge in [0.15, 0.2) is 6.61 Å². The Bertz CT molecular complexity index is 710. The minimum atomic E-state index is -0.524. The zero-order chi connectivity index (χ0) is 17.2. The second kappa shape index (κ2) is 9.16. The molecule has 0 fully saturated rings. The third kappa shape index (κ3) is 5.61. The molecule has 0 unspecified atom stereocenters. The maximum Gasteiger partial charge on any atom is 0.344 e. The summed E-state index contributed by atoms with van der Waals surface area (Å²) in [6, 6.07) is 14.3. The van der Waals surface area contributed by atoms with Crippen molar-refractivity contribution < 1.29 is 23.4 Å². The van der Waals surface area contributed by atoms with E-state index in [-0.39, 0.29) is 19.0 Å². The first-order valence-electron chi connectivity index (χ1n) is 7.35. The Hall–Kier alpha value is -3.07. The smallest absolute Gasteiger partial charge is 0.344 e. The van der Waals surface area contributed by atoms with Crippen molar-refractivity contribution in [2.45, 2.75) is 6.42 Å². The lowest BCUT2D eigenvalue weighted by atomic mass is 10.2. The molecule has 0 aliphatic carbocycles. The number of rotatable bonds is 8. The molecule has 0 bridgehead atoms. The predicted molar refractivity (Wildman–Crippen MR) is 84.1 cm³/mol. The number of hydrogen-bond donors (Lipinski definition) is 0. The lowest BCUT2D eigenvalue weighted by Crippen LogP contribution is -2.16. The van der Waals surface area contributed by atoms with E-state index in [0.29, 0.717) is 30.1 Å². The Balaban J connectivity index is 1.61. The summed E-state index contributed by atoms with van der Waals surface area (Å²) in [7, 11) is 0. The van der Waals surface area contributed by atoms with Crippen LogP contribution in [0.25, 0.3) is 0 Å². The van der Waals surface area contributed by atoms with Gasteiger partial charge in [0.2, 0.25) is 0 Å². The highest BCUT2D eigenvalue weighted by molar-refractivity contribution is 5.71. The van der Waals surface area contributed by atoms with Crippen molar-refractivity contribution in [2.75, 3.05) is 19.8 Å². The van der Waals surface area contributed by atoms with Crippen molar-refractivity contribution in [1.82, 2.24) is 0 Å². The van der Waals surface area contributed by atoms with Crippen LogP contribution in [0, 0.1) is 17.1 Å². The molecule has 5 nitrogen and oxygen atoms in total. The lowest BCUT2D eigenvalue weighted by molar-refractivity contribution is -0.146. The van der Waals surface area contributed by atoms with Gasteiger partial charge in [-0.25, -0.2) is 9.18 Å². The predicted octanol–water partition coefficient (Wildman–Crippen LogP) is 3.09. The van der Waals surface area contributed by atoms with Gasteiger partial charge < -0.3 is 14.2 Å². The molecule has 0 heterocycles. The van der Waals surface area contributed by atoms with Gasteiger partial charge in [-0.3, -0.25) is 0 Å². The summed E-state index contributed by atoms with van der Waals surface area (Å²) < 4.78 is 28.4. The van der Waals surface area contributed by atoms with Crippen LogP contribution in [0.3, 0.4) is 0 Å². The molecule has 0 aliphatic heterocycles. The van der Waals surface area contributed by atoms with E-state index in [2.05, 4.69) is 0 Å². The van der Waals surface area contributed by atoms with Crippen LogP contribution >= 0.6 is 0 Å². The third-order valence-corrected chi connectivity index (χ3v) is 2.99. The maximum atomic E-state index is 12.7. The van der Waals surface area contributed by atoms with Crippen molar-refractivity contribution in [3.05, 3.63) is 59.9 Å². The second-order valence-electron chi connectivity index (χ2n) is 4.77. The van der Waals surface area contributed by atoms with Crippen LogP contribution in [0.15, 0.2) is 48.5 Å². The second-order valence-corrected chi connectivity index (χ2v) is 4.77. The number of hydrogen-bond acceptors (Lipinski definition) is 5. The number of ether oxygens (including phenoxy) is 3. The first kappa shape index (κ1) is 17.3. The summed E-state index contributed by atoms with van der Waals surface area (Å²) >= 11 is 0. The van der Waals surface area contributed by atoms with Gasteiger partial charge in [-0.2, -0.15) is 5.26 Å². The van der Waals surface area contributed by atoms with E-state index in [1.807, 2.05) is 6.07 Å². The number of nitrogens with zero attached hydrogens (tertiary/aromatic N) is 1. The zero-order valence-electron chi connectivity index (χ0n) is 12.9. The minimum Gasteiger partial charge on any atom is -0.493 e. The van der Waals surface area contributed by atoms with E-state index >= 15 is 0 Å². The first-order chi connectivity index (χ1) is 11.7. The van der Waals surface area contributed by atoms with Gasteiger partial charge >= 0.3 is 5.97 Å². The van der Waals surface area contributed by atoms with Crippen molar-refractivity contribution in [3.8, 4) is 17.6 Å². The Labute approximate surface area is 139 Å². The Morgan fingerprint density at radius 3 is 2.54 bits per heavy atom. The highest BCUT2D eigenvalue weighted by Gasteiger charge is 2.07. The monoisotopic (exact) mass is 329 g/mol. The molecular formula is C18H16FNO4.